The van der Waals surface area contributed by atoms with Gasteiger partial charge in [0.15, 0.2) is 0 Å². The van der Waals surface area contributed by atoms with E-state index in [1.807, 2.05) is 0 Å². The number of nitrogens with zero attached hydrogens (tertiary/aromatic N) is 1. The quantitative estimate of drug-likeness (QED) is 0.334. The molecule has 0 aromatic rings. The Balaban J connectivity index is 0. The van der Waals surface area contributed by atoms with Crippen molar-refractivity contribution in [3.63, 3.8) is 0 Å². The summed E-state index contributed by atoms with van der Waals surface area (Å²) in [7, 11) is 0. The molecule has 0 unspecified atom stereocenters. The van der Waals surface area contributed by atoms with Gasteiger partial charge in [0, 0.05) is 0 Å². The van der Waals surface area contributed by atoms with E-state index in [1.165, 1.54) is 94.9 Å². The topological polar surface area (TPSA) is 0 Å². The number of hydrogen-bond acceptors (Lipinski definition) is 0. The molecule has 0 amide bonds. The molecule has 0 saturated carbocycles. The second-order valence-electron chi connectivity index (χ2n) is 6.36. The lowest BCUT2D eigenvalue weighted by Crippen LogP contribution is -3.00. The molecule has 0 fully saturated rings. The van der Waals surface area contributed by atoms with Gasteiger partial charge in [0.25, 0.3) is 0 Å². The Morgan fingerprint density at radius 1 is 0.450 bits per heavy atom. The monoisotopic (exact) mass is 349 g/mol. The van der Waals surface area contributed by atoms with E-state index in [0.29, 0.717) is 0 Å². The molecule has 0 aliphatic heterocycles. The zero-order valence-electron chi connectivity index (χ0n) is 14.7. The molecule has 0 rings (SSSR count). The molecule has 0 heterocycles. The van der Waals surface area contributed by atoms with Crippen molar-refractivity contribution >= 4 is 0 Å². The van der Waals surface area contributed by atoms with Crippen molar-refractivity contribution in [3.05, 3.63) is 0 Å². The summed E-state index contributed by atoms with van der Waals surface area (Å²) in [5.74, 6) is 0. The van der Waals surface area contributed by atoms with E-state index in [-0.39, 0.29) is 17.0 Å². The second-order valence-corrected chi connectivity index (χ2v) is 6.36. The summed E-state index contributed by atoms with van der Waals surface area (Å²) in [6.07, 6.45) is 14.1. The predicted octanol–water partition coefficient (Wildman–Crippen LogP) is 2.79. The van der Waals surface area contributed by atoms with Gasteiger partial charge in [0.1, 0.15) is 0 Å². The molecular weight excluding hydrogens is 310 g/mol. The minimum absolute atomic E-state index is 0. The van der Waals surface area contributed by atoms with Crippen molar-refractivity contribution < 1.29 is 21.5 Å². The molecule has 0 aromatic heterocycles. The zero-order chi connectivity index (χ0) is 14.4. The third-order valence-electron chi connectivity index (χ3n) is 4.33. The summed E-state index contributed by atoms with van der Waals surface area (Å²) >= 11 is 0. The van der Waals surface area contributed by atoms with Crippen LogP contribution in [-0.2, 0) is 0 Å². The van der Waals surface area contributed by atoms with Gasteiger partial charge in [-0.05, 0) is 32.1 Å². The Bertz CT molecular complexity index is 165. The molecule has 0 spiro atoms. The van der Waals surface area contributed by atoms with Crippen LogP contribution in [-0.4, -0.2) is 30.7 Å². The van der Waals surface area contributed by atoms with Crippen LogP contribution in [0.5, 0.6) is 0 Å². The molecule has 0 aromatic carbocycles. The lowest BCUT2D eigenvalue weighted by atomic mass is 10.1. The molecular formula is C18H40BrN. The van der Waals surface area contributed by atoms with Crippen molar-refractivity contribution in [2.24, 2.45) is 0 Å². The standard InChI is InChI=1S/C18H40N.BrH/c1-5-9-10-11-12-13-14-18-19(15-6-2,16-7-3)17-8-4;/h5-18H2,1-4H3;1H/q+1;/p-1. The second kappa shape index (κ2) is 15.8. The molecule has 0 aliphatic rings. The van der Waals surface area contributed by atoms with Gasteiger partial charge in [0.2, 0.25) is 0 Å². The van der Waals surface area contributed by atoms with E-state index in [9.17, 15) is 0 Å². The van der Waals surface area contributed by atoms with Crippen molar-refractivity contribution in [1.82, 2.24) is 0 Å². The summed E-state index contributed by atoms with van der Waals surface area (Å²) in [6.45, 7) is 15.0. The third kappa shape index (κ3) is 11.1. The van der Waals surface area contributed by atoms with Crippen molar-refractivity contribution in [2.45, 2.75) is 91.9 Å². The SMILES string of the molecule is CCCCCCCCC[N+](CCC)(CCC)CCC.[Br-]. The number of unbranched alkanes of at least 4 members (excludes halogenated alkanes) is 6. The van der Waals surface area contributed by atoms with Crippen molar-refractivity contribution in [1.29, 1.82) is 0 Å². The van der Waals surface area contributed by atoms with Crippen LogP contribution in [0.2, 0.25) is 0 Å². The van der Waals surface area contributed by atoms with E-state index >= 15 is 0 Å². The summed E-state index contributed by atoms with van der Waals surface area (Å²) in [4.78, 5) is 0. The van der Waals surface area contributed by atoms with Crippen LogP contribution in [0.25, 0.3) is 0 Å². The first-order valence-electron chi connectivity index (χ1n) is 9.09. The highest BCUT2D eigenvalue weighted by Crippen LogP contribution is 2.15. The fourth-order valence-electron chi connectivity index (χ4n) is 3.50. The average molecular weight is 350 g/mol. The Morgan fingerprint density at radius 2 is 0.850 bits per heavy atom. The minimum Gasteiger partial charge on any atom is -1.00 e. The average Bonchev–Trinajstić information content (AvgIpc) is 2.39. The molecule has 1 nitrogen and oxygen atoms in total. The smallest absolute Gasteiger partial charge is 0.0786 e. The fraction of sp³-hybridized carbons (Fsp3) is 1.00. The van der Waals surface area contributed by atoms with Gasteiger partial charge in [-0.15, -0.1) is 0 Å². The molecule has 0 N–H and O–H groups in total. The lowest BCUT2D eigenvalue weighted by molar-refractivity contribution is -0.928. The van der Waals surface area contributed by atoms with Gasteiger partial charge in [-0.25, -0.2) is 0 Å². The zero-order valence-corrected chi connectivity index (χ0v) is 16.3. The van der Waals surface area contributed by atoms with Crippen LogP contribution in [0.15, 0.2) is 0 Å². The molecule has 0 radical (unpaired) electrons. The van der Waals surface area contributed by atoms with E-state index in [4.69, 9.17) is 0 Å². The largest absolute Gasteiger partial charge is 1.00 e. The maximum absolute atomic E-state index is 2.35. The van der Waals surface area contributed by atoms with Crippen LogP contribution in [0.3, 0.4) is 0 Å². The first kappa shape index (κ1) is 22.7. The summed E-state index contributed by atoms with van der Waals surface area (Å²) < 4.78 is 1.40. The molecule has 20 heavy (non-hydrogen) atoms. The van der Waals surface area contributed by atoms with Crippen molar-refractivity contribution in [2.75, 3.05) is 26.2 Å². The number of hydrogen-bond donors (Lipinski definition) is 0. The normalized spacial score (nSPS) is 11.4. The Hall–Kier alpha value is 0.440. The van der Waals surface area contributed by atoms with E-state index in [1.54, 1.807) is 0 Å². The van der Waals surface area contributed by atoms with Crippen LogP contribution in [0, 0.1) is 0 Å². The molecule has 0 bridgehead atoms. The Morgan fingerprint density at radius 3 is 1.25 bits per heavy atom. The summed E-state index contributed by atoms with van der Waals surface area (Å²) in [5.41, 5.74) is 0. The highest BCUT2D eigenvalue weighted by Gasteiger charge is 2.23. The number of quaternary nitrogens is 1. The molecule has 0 saturated heterocycles. The van der Waals surface area contributed by atoms with Gasteiger partial charge < -0.3 is 21.5 Å². The van der Waals surface area contributed by atoms with Gasteiger partial charge in [-0.3, -0.25) is 0 Å². The maximum atomic E-state index is 2.35. The fourth-order valence-corrected chi connectivity index (χ4v) is 3.50. The molecule has 0 atom stereocenters. The van der Waals surface area contributed by atoms with Crippen LogP contribution >= 0.6 is 0 Å². The highest BCUT2D eigenvalue weighted by atomic mass is 79.9. The number of halogens is 1. The van der Waals surface area contributed by atoms with Gasteiger partial charge in [-0.2, -0.15) is 0 Å². The highest BCUT2D eigenvalue weighted by molar-refractivity contribution is 4.49. The molecule has 124 valence electrons. The molecule has 0 aliphatic carbocycles. The Labute approximate surface area is 139 Å². The first-order valence-corrected chi connectivity index (χ1v) is 9.09. The van der Waals surface area contributed by atoms with Crippen LogP contribution in [0.1, 0.15) is 91.9 Å². The molecule has 2 heteroatoms. The first-order chi connectivity index (χ1) is 9.24. The maximum Gasteiger partial charge on any atom is 0.0786 e. The predicted molar refractivity (Wildman–Crippen MR) is 88.6 cm³/mol. The Kier molecular flexibility index (Phi) is 18.0. The minimum atomic E-state index is 0. The van der Waals surface area contributed by atoms with Gasteiger partial charge in [-0.1, -0.05) is 59.8 Å². The third-order valence-corrected chi connectivity index (χ3v) is 4.33. The lowest BCUT2D eigenvalue weighted by Gasteiger charge is -2.38. The van der Waals surface area contributed by atoms with E-state index < -0.39 is 0 Å². The summed E-state index contributed by atoms with van der Waals surface area (Å²) in [5, 5.41) is 0. The number of rotatable bonds is 14. The van der Waals surface area contributed by atoms with E-state index in [2.05, 4.69) is 27.7 Å². The van der Waals surface area contributed by atoms with Crippen LogP contribution in [0.4, 0.5) is 0 Å². The van der Waals surface area contributed by atoms with Gasteiger partial charge >= 0.3 is 0 Å². The van der Waals surface area contributed by atoms with E-state index in [0.717, 1.165) is 0 Å². The van der Waals surface area contributed by atoms with Crippen LogP contribution < -0.4 is 17.0 Å². The van der Waals surface area contributed by atoms with Gasteiger partial charge in [0.05, 0.1) is 26.2 Å². The summed E-state index contributed by atoms with van der Waals surface area (Å²) in [6, 6.07) is 0. The van der Waals surface area contributed by atoms with Crippen molar-refractivity contribution in [3.8, 4) is 0 Å².